The van der Waals surface area contributed by atoms with E-state index in [0.29, 0.717) is 23.0 Å². The standard InChI is InChI=1S/C20H10BrNO3S2/c21-11-5-6-14-12(9-11)13(10-15(24-14)16-3-1-7-26-16)18-20(23)25-19(22-18)17-4-2-8-27-17/h1-10H. The summed E-state index contributed by atoms with van der Waals surface area (Å²) in [7, 11) is 0. The molecule has 0 radical (unpaired) electrons. The summed E-state index contributed by atoms with van der Waals surface area (Å²) in [5.41, 5.74) is 1.78. The smallest absolute Gasteiger partial charge is 0.364 e. The van der Waals surface area contributed by atoms with Crippen molar-refractivity contribution in [2.24, 2.45) is 4.99 Å². The quantitative estimate of drug-likeness (QED) is 0.366. The molecule has 0 aliphatic carbocycles. The maximum atomic E-state index is 12.6. The van der Waals surface area contributed by atoms with E-state index >= 15 is 0 Å². The zero-order chi connectivity index (χ0) is 18.4. The second-order valence-electron chi connectivity index (χ2n) is 5.77. The van der Waals surface area contributed by atoms with Gasteiger partial charge in [0.2, 0.25) is 5.90 Å². The number of hydrogen-bond donors (Lipinski definition) is 0. The van der Waals surface area contributed by atoms with Gasteiger partial charge in [-0.2, -0.15) is 0 Å². The molecule has 0 bridgehead atoms. The Morgan fingerprint density at radius 2 is 1.74 bits per heavy atom. The maximum absolute atomic E-state index is 12.6. The summed E-state index contributed by atoms with van der Waals surface area (Å²) in [6.07, 6.45) is 1.86. The first-order chi connectivity index (χ1) is 13.2. The molecule has 1 aromatic carbocycles. The second-order valence-corrected chi connectivity index (χ2v) is 8.59. The number of allylic oxidation sites excluding steroid dienone is 2. The van der Waals surface area contributed by atoms with Gasteiger partial charge in [-0.1, -0.05) is 28.1 Å². The van der Waals surface area contributed by atoms with Gasteiger partial charge in [0.25, 0.3) is 0 Å². The Labute approximate surface area is 171 Å². The van der Waals surface area contributed by atoms with Crippen molar-refractivity contribution in [1.82, 2.24) is 0 Å². The van der Waals surface area contributed by atoms with E-state index in [1.165, 1.54) is 11.3 Å². The van der Waals surface area contributed by atoms with Crippen LogP contribution in [-0.2, 0) is 9.53 Å². The van der Waals surface area contributed by atoms with Gasteiger partial charge in [-0.05, 0) is 47.2 Å². The van der Waals surface area contributed by atoms with Crippen molar-refractivity contribution in [3.63, 3.8) is 0 Å². The molecule has 4 heterocycles. The van der Waals surface area contributed by atoms with Gasteiger partial charge in [0.05, 0.1) is 9.75 Å². The van der Waals surface area contributed by atoms with Crippen LogP contribution in [0.25, 0.3) is 11.3 Å². The number of esters is 1. The predicted molar refractivity (Wildman–Crippen MR) is 111 cm³/mol. The van der Waals surface area contributed by atoms with Crippen molar-refractivity contribution in [1.29, 1.82) is 0 Å². The molecule has 0 amide bonds. The zero-order valence-electron chi connectivity index (χ0n) is 13.6. The summed E-state index contributed by atoms with van der Waals surface area (Å²) < 4.78 is 12.4. The second kappa shape index (κ2) is 6.60. The van der Waals surface area contributed by atoms with Crippen LogP contribution in [0.15, 0.2) is 74.5 Å². The Kier molecular flexibility index (Phi) is 4.07. The third-order valence-electron chi connectivity index (χ3n) is 4.07. The predicted octanol–water partition coefficient (Wildman–Crippen LogP) is 5.72. The molecule has 0 saturated heterocycles. The van der Waals surface area contributed by atoms with E-state index in [-0.39, 0.29) is 5.70 Å². The van der Waals surface area contributed by atoms with E-state index in [2.05, 4.69) is 20.9 Å². The summed E-state index contributed by atoms with van der Waals surface area (Å²) in [6.45, 7) is 0. The van der Waals surface area contributed by atoms with Crippen LogP contribution in [0.1, 0.15) is 15.3 Å². The van der Waals surface area contributed by atoms with Gasteiger partial charge < -0.3 is 9.47 Å². The maximum Gasteiger partial charge on any atom is 0.364 e. The highest BCUT2D eigenvalue weighted by atomic mass is 79.9. The largest absolute Gasteiger partial charge is 0.455 e. The molecule has 0 unspecified atom stereocenters. The van der Waals surface area contributed by atoms with Crippen molar-refractivity contribution in [2.75, 3.05) is 0 Å². The molecule has 7 heteroatoms. The van der Waals surface area contributed by atoms with Crippen molar-refractivity contribution < 1.29 is 14.3 Å². The number of benzene rings is 1. The first kappa shape index (κ1) is 16.7. The topological polar surface area (TPSA) is 47.9 Å². The molecule has 2 aliphatic rings. The highest BCUT2D eigenvalue weighted by Crippen LogP contribution is 2.42. The van der Waals surface area contributed by atoms with E-state index in [9.17, 15) is 4.79 Å². The number of fused-ring (bicyclic) bond motifs is 1. The number of rotatable bonds is 2. The van der Waals surface area contributed by atoms with Gasteiger partial charge in [0, 0.05) is 15.6 Å². The number of carbonyl (C=O) groups is 1. The molecule has 132 valence electrons. The van der Waals surface area contributed by atoms with Crippen LogP contribution < -0.4 is 4.74 Å². The molecule has 3 aromatic rings. The van der Waals surface area contributed by atoms with Crippen molar-refractivity contribution in [2.45, 2.75) is 0 Å². The van der Waals surface area contributed by atoms with E-state index in [1.54, 1.807) is 11.3 Å². The highest BCUT2D eigenvalue weighted by molar-refractivity contribution is 9.10. The molecule has 27 heavy (non-hydrogen) atoms. The summed E-state index contributed by atoms with van der Waals surface area (Å²) in [6, 6.07) is 13.4. The summed E-state index contributed by atoms with van der Waals surface area (Å²) in [5, 5.41) is 3.91. The molecular weight excluding hydrogens is 446 g/mol. The van der Waals surface area contributed by atoms with E-state index in [4.69, 9.17) is 9.47 Å². The number of carbonyl (C=O) groups excluding carboxylic acids is 1. The van der Waals surface area contributed by atoms with E-state index < -0.39 is 5.97 Å². The van der Waals surface area contributed by atoms with Crippen LogP contribution >= 0.6 is 38.6 Å². The van der Waals surface area contributed by atoms with Crippen molar-refractivity contribution in [3.8, 4) is 5.75 Å². The molecule has 5 rings (SSSR count). The lowest BCUT2D eigenvalue weighted by Gasteiger charge is -2.20. The molecule has 0 fully saturated rings. The fourth-order valence-electron chi connectivity index (χ4n) is 2.88. The van der Waals surface area contributed by atoms with Crippen molar-refractivity contribution in [3.05, 3.63) is 84.8 Å². The number of aliphatic imine (C=N–C) groups is 1. The van der Waals surface area contributed by atoms with Crippen LogP contribution in [0.4, 0.5) is 0 Å². The van der Waals surface area contributed by atoms with Gasteiger partial charge >= 0.3 is 5.97 Å². The minimum Gasteiger partial charge on any atom is -0.455 e. The molecule has 0 spiro atoms. The summed E-state index contributed by atoms with van der Waals surface area (Å²) in [5.74, 6) is 1.25. The Morgan fingerprint density at radius 1 is 0.963 bits per heavy atom. The third-order valence-corrected chi connectivity index (χ3v) is 6.31. The Hall–Kier alpha value is -2.48. The molecule has 2 aromatic heterocycles. The van der Waals surface area contributed by atoms with Gasteiger partial charge in [-0.15, -0.1) is 22.7 Å². The number of thiophene rings is 2. The minimum absolute atomic E-state index is 0.287. The van der Waals surface area contributed by atoms with Crippen LogP contribution in [0.5, 0.6) is 5.75 Å². The highest BCUT2D eigenvalue weighted by Gasteiger charge is 2.31. The average molecular weight is 456 g/mol. The van der Waals surface area contributed by atoms with Crippen LogP contribution in [-0.4, -0.2) is 11.9 Å². The number of nitrogens with zero attached hydrogens (tertiary/aromatic N) is 1. The average Bonchev–Trinajstić information content (AvgIpc) is 3.42. The SMILES string of the molecule is O=C1OC(c2cccs2)=NC1=C1C=C(c2cccs2)Oc2ccc(Br)cc21. The Balaban J connectivity index is 1.72. The van der Waals surface area contributed by atoms with E-state index in [1.807, 2.05) is 59.3 Å². The van der Waals surface area contributed by atoms with Crippen molar-refractivity contribution >= 4 is 61.8 Å². The van der Waals surface area contributed by atoms with Gasteiger partial charge in [-0.25, -0.2) is 9.79 Å². The molecule has 0 N–H and O–H groups in total. The fourth-order valence-corrected chi connectivity index (χ4v) is 4.56. The lowest BCUT2D eigenvalue weighted by Crippen LogP contribution is -2.07. The number of ether oxygens (including phenoxy) is 2. The first-order valence-electron chi connectivity index (χ1n) is 8.01. The number of cyclic esters (lactones) is 1. The molecule has 4 nitrogen and oxygen atoms in total. The number of halogens is 1. The fraction of sp³-hybridized carbons (Fsp3) is 0. The number of hydrogen-bond acceptors (Lipinski definition) is 6. The van der Waals surface area contributed by atoms with Crippen LogP contribution in [0.3, 0.4) is 0 Å². The monoisotopic (exact) mass is 455 g/mol. The lowest BCUT2D eigenvalue weighted by atomic mass is 9.99. The summed E-state index contributed by atoms with van der Waals surface area (Å²) in [4.78, 5) is 18.9. The molecular formula is C20H10BrNO3S2. The van der Waals surface area contributed by atoms with E-state index in [0.717, 1.165) is 19.8 Å². The first-order valence-corrected chi connectivity index (χ1v) is 10.6. The summed E-state index contributed by atoms with van der Waals surface area (Å²) >= 11 is 6.55. The van der Waals surface area contributed by atoms with Gasteiger partial charge in [0.1, 0.15) is 11.5 Å². The molecule has 0 atom stereocenters. The van der Waals surface area contributed by atoms with Gasteiger partial charge in [-0.3, -0.25) is 0 Å². The van der Waals surface area contributed by atoms with Gasteiger partial charge in [0.15, 0.2) is 5.70 Å². The van der Waals surface area contributed by atoms with Crippen LogP contribution in [0.2, 0.25) is 0 Å². The molecule has 2 aliphatic heterocycles. The molecule has 0 saturated carbocycles. The third kappa shape index (κ3) is 2.97. The zero-order valence-corrected chi connectivity index (χ0v) is 16.9. The lowest BCUT2D eigenvalue weighted by molar-refractivity contribution is -0.129. The van der Waals surface area contributed by atoms with Crippen LogP contribution in [0, 0.1) is 0 Å². The Morgan fingerprint density at radius 3 is 2.48 bits per heavy atom. The minimum atomic E-state index is -0.456. The Bertz CT molecular complexity index is 1140. The normalized spacial score (nSPS) is 18.5.